The average Bonchev–Trinajstić information content (AvgIpc) is 2.73. The maximum absolute atomic E-state index is 2.73. The topological polar surface area (TPSA) is 6.48 Å². The Balaban J connectivity index is 1.51. The molecule has 14 heavy (non-hydrogen) atoms. The van der Waals surface area contributed by atoms with Crippen molar-refractivity contribution in [2.24, 2.45) is 5.41 Å². The van der Waals surface area contributed by atoms with E-state index in [0.29, 0.717) is 0 Å². The van der Waals surface area contributed by atoms with Crippen molar-refractivity contribution in [3.8, 4) is 0 Å². The first-order valence-corrected chi connectivity index (χ1v) is 6.17. The van der Waals surface area contributed by atoms with E-state index in [1.807, 2.05) is 0 Å². The quantitative estimate of drug-likeness (QED) is 0.658. The van der Waals surface area contributed by atoms with Gasteiger partial charge in [0.15, 0.2) is 0 Å². The van der Waals surface area contributed by atoms with Gasteiger partial charge in [-0.3, -0.25) is 9.80 Å². The largest absolute Gasteiger partial charge is 0.299 e. The zero-order valence-corrected chi connectivity index (χ0v) is 9.50. The monoisotopic (exact) mass is 194 g/mol. The fraction of sp³-hybridized carbons (Fsp3) is 1.00. The van der Waals surface area contributed by atoms with Crippen molar-refractivity contribution in [3.63, 3.8) is 0 Å². The van der Waals surface area contributed by atoms with Crippen LogP contribution >= 0.6 is 0 Å². The Morgan fingerprint density at radius 1 is 1.21 bits per heavy atom. The molecule has 0 N–H and O–H groups in total. The van der Waals surface area contributed by atoms with Crippen molar-refractivity contribution >= 4 is 0 Å². The summed E-state index contributed by atoms with van der Waals surface area (Å²) in [4.78, 5) is 5.36. The van der Waals surface area contributed by atoms with Gasteiger partial charge in [-0.05, 0) is 38.5 Å². The second-order valence-electron chi connectivity index (χ2n) is 5.94. The maximum Gasteiger partial charge on any atom is 0.0235 e. The number of likely N-dealkylation sites (tertiary alicyclic amines) is 2. The Morgan fingerprint density at radius 3 is 2.43 bits per heavy atom. The molecule has 1 spiro atoms. The van der Waals surface area contributed by atoms with Gasteiger partial charge in [-0.25, -0.2) is 0 Å². The molecular formula is C12H22N2. The highest BCUT2D eigenvalue weighted by Crippen LogP contribution is 2.53. The minimum Gasteiger partial charge on any atom is -0.299 e. The lowest BCUT2D eigenvalue weighted by molar-refractivity contribution is 0.0383. The maximum atomic E-state index is 2.73. The molecule has 0 radical (unpaired) electrons. The van der Waals surface area contributed by atoms with E-state index >= 15 is 0 Å². The number of hydrogen-bond acceptors (Lipinski definition) is 2. The fourth-order valence-electron chi connectivity index (χ4n) is 3.10. The minimum atomic E-state index is 0.746. The molecule has 0 amide bonds. The summed E-state index contributed by atoms with van der Waals surface area (Å²) in [6.07, 6.45) is 4.45. The molecule has 3 rings (SSSR count). The van der Waals surface area contributed by atoms with E-state index in [4.69, 9.17) is 0 Å². The zero-order valence-electron chi connectivity index (χ0n) is 9.50. The molecule has 2 saturated heterocycles. The van der Waals surface area contributed by atoms with Gasteiger partial charge in [0.25, 0.3) is 0 Å². The highest BCUT2D eigenvalue weighted by molar-refractivity contribution is 5.07. The van der Waals surface area contributed by atoms with Crippen molar-refractivity contribution in [1.82, 2.24) is 9.80 Å². The lowest BCUT2D eigenvalue weighted by Gasteiger charge is -2.44. The molecule has 1 unspecified atom stereocenters. The minimum absolute atomic E-state index is 0.746. The third-order valence-corrected chi connectivity index (χ3v) is 4.48. The van der Waals surface area contributed by atoms with Crippen LogP contribution in [0.1, 0.15) is 33.1 Å². The van der Waals surface area contributed by atoms with Crippen molar-refractivity contribution in [2.45, 2.75) is 45.2 Å². The third-order valence-electron chi connectivity index (χ3n) is 4.48. The molecule has 2 aliphatic heterocycles. The Labute approximate surface area is 87.3 Å². The van der Waals surface area contributed by atoms with Crippen molar-refractivity contribution in [3.05, 3.63) is 0 Å². The molecule has 2 nitrogen and oxygen atoms in total. The number of nitrogens with zero attached hydrogens (tertiary/aromatic N) is 2. The molecule has 1 atom stereocenters. The Hall–Kier alpha value is -0.0800. The van der Waals surface area contributed by atoms with Crippen LogP contribution in [-0.4, -0.2) is 48.1 Å². The first-order chi connectivity index (χ1) is 6.69. The van der Waals surface area contributed by atoms with Crippen LogP contribution in [-0.2, 0) is 0 Å². The van der Waals surface area contributed by atoms with E-state index in [2.05, 4.69) is 23.6 Å². The summed E-state index contributed by atoms with van der Waals surface area (Å²) in [5, 5.41) is 0. The molecule has 1 saturated carbocycles. The first-order valence-electron chi connectivity index (χ1n) is 6.17. The molecule has 2 heterocycles. The fourth-order valence-corrected chi connectivity index (χ4v) is 3.10. The van der Waals surface area contributed by atoms with Crippen LogP contribution in [0.15, 0.2) is 0 Å². The third kappa shape index (κ3) is 1.40. The summed E-state index contributed by atoms with van der Waals surface area (Å²) < 4.78 is 0. The van der Waals surface area contributed by atoms with Crippen molar-refractivity contribution < 1.29 is 0 Å². The molecule has 3 fully saturated rings. The predicted molar refractivity (Wildman–Crippen MR) is 58.4 cm³/mol. The first kappa shape index (κ1) is 9.17. The Bertz CT molecular complexity index is 224. The highest BCUT2D eigenvalue weighted by atomic mass is 15.3. The van der Waals surface area contributed by atoms with Gasteiger partial charge in [0.1, 0.15) is 0 Å². The van der Waals surface area contributed by atoms with E-state index in [-0.39, 0.29) is 0 Å². The van der Waals surface area contributed by atoms with Gasteiger partial charge >= 0.3 is 0 Å². The van der Waals surface area contributed by atoms with Gasteiger partial charge in [0.2, 0.25) is 0 Å². The summed E-state index contributed by atoms with van der Waals surface area (Å²) >= 11 is 0. The van der Waals surface area contributed by atoms with Crippen molar-refractivity contribution in [1.29, 1.82) is 0 Å². The van der Waals surface area contributed by atoms with Gasteiger partial charge in [0, 0.05) is 38.3 Å². The van der Waals surface area contributed by atoms with Gasteiger partial charge < -0.3 is 0 Å². The molecule has 0 aromatic carbocycles. The van der Waals surface area contributed by atoms with Crippen LogP contribution in [0.5, 0.6) is 0 Å². The van der Waals surface area contributed by atoms with E-state index in [1.54, 1.807) is 0 Å². The summed E-state index contributed by atoms with van der Waals surface area (Å²) in [6.45, 7) is 10.1. The molecular weight excluding hydrogens is 172 g/mol. The summed E-state index contributed by atoms with van der Waals surface area (Å²) in [5.41, 5.74) is 0.839. The summed E-state index contributed by atoms with van der Waals surface area (Å²) in [6, 6.07) is 1.64. The van der Waals surface area contributed by atoms with E-state index in [0.717, 1.165) is 17.5 Å². The van der Waals surface area contributed by atoms with Crippen LogP contribution in [0.3, 0.4) is 0 Å². The molecule has 0 aromatic rings. The molecule has 3 aliphatic rings. The number of hydrogen-bond donors (Lipinski definition) is 0. The predicted octanol–water partition coefficient (Wildman–Crippen LogP) is 1.56. The Kier molecular flexibility index (Phi) is 1.94. The molecule has 0 bridgehead atoms. The molecule has 80 valence electrons. The molecule has 1 aliphatic carbocycles. The van der Waals surface area contributed by atoms with E-state index in [1.165, 1.54) is 45.4 Å². The lowest BCUT2D eigenvalue weighted by Crippen LogP contribution is -2.54. The van der Waals surface area contributed by atoms with Crippen LogP contribution in [0.2, 0.25) is 0 Å². The summed E-state index contributed by atoms with van der Waals surface area (Å²) in [7, 11) is 0. The van der Waals surface area contributed by atoms with Crippen LogP contribution in [0.4, 0.5) is 0 Å². The van der Waals surface area contributed by atoms with Crippen LogP contribution in [0.25, 0.3) is 0 Å². The van der Waals surface area contributed by atoms with Gasteiger partial charge in [-0.2, -0.15) is 0 Å². The SMILES string of the molecule is CC(C)N1CCC(N2CC3(CC3)C2)C1. The lowest BCUT2D eigenvalue weighted by atomic mass is 9.94. The van der Waals surface area contributed by atoms with E-state index in [9.17, 15) is 0 Å². The standard InChI is InChI=1S/C12H22N2/c1-10(2)13-6-3-11(7-13)14-8-12(9-14)4-5-12/h10-11H,3-9H2,1-2H3. The highest BCUT2D eigenvalue weighted by Gasteiger charge is 2.54. The van der Waals surface area contributed by atoms with Crippen LogP contribution < -0.4 is 0 Å². The second kappa shape index (κ2) is 2.96. The van der Waals surface area contributed by atoms with Crippen LogP contribution in [0, 0.1) is 5.41 Å². The normalized spacial score (nSPS) is 36.6. The van der Waals surface area contributed by atoms with E-state index < -0.39 is 0 Å². The van der Waals surface area contributed by atoms with Crippen molar-refractivity contribution in [2.75, 3.05) is 26.2 Å². The van der Waals surface area contributed by atoms with Gasteiger partial charge in [-0.1, -0.05) is 0 Å². The number of rotatable bonds is 2. The average molecular weight is 194 g/mol. The Morgan fingerprint density at radius 2 is 1.93 bits per heavy atom. The molecule has 2 heteroatoms. The summed E-state index contributed by atoms with van der Waals surface area (Å²) in [5.74, 6) is 0. The van der Waals surface area contributed by atoms with Gasteiger partial charge in [0.05, 0.1) is 0 Å². The molecule has 0 aromatic heterocycles. The smallest absolute Gasteiger partial charge is 0.0235 e. The second-order valence-corrected chi connectivity index (χ2v) is 5.94. The zero-order chi connectivity index (χ0) is 9.76. The van der Waals surface area contributed by atoms with Gasteiger partial charge in [-0.15, -0.1) is 0 Å².